The Bertz CT molecular complexity index is 308. The molecule has 4 nitrogen and oxygen atoms in total. The first-order valence-corrected chi connectivity index (χ1v) is 7.23. The lowest BCUT2D eigenvalue weighted by atomic mass is 10.00. The first-order valence-electron chi connectivity index (χ1n) is 7.23. The molecule has 0 bridgehead atoms. The van der Waals surface area contributed by atoms with Gasteiger partial charge in [0.2, 0.25) is 11.8 Å². The molecule has 2 amide bonds. The Labute approximate surface area is 109 Å². The second-order valence-corrected chi connectivity index (χ2v) is 5.62. The lowest BCUT2D eigenvalue weighted by molar-refractivity contribution is -0.140. The van der Waals surface area contributed by atoms with Crippen molar-refractivity contribution in [3.05, 3.63) is 0 Å². The maximum Gasteiger partial charge on any atom is 0.233 e. The fraction of sp³-hybridized carbons (Fsp3) is 0.857. The summed E-state index contributed by atoms with van der Waals surface area (Å²) < 4.78 is 0. The van der Waals surface area contributed by atoms with Gasteiger partial charge in [-0.05, 0) is 39.2 Å². The largest absolute Gasteiger partial charge is 0.314 e. The van der Waals surface area contributed by atoms with Crippen molar-refractivity contribution < 1.29 is 9.59 Å². The van der Waals surface area contributed by atoms with Gasteiger partial charge in [0.1, 0.15) is 0 Å². The van der Waals surface area contributed by atoms with Crippen LogP contribution in [0.3, 0.4) is 0 Å². The van der Waals surface area contributed by atoms with Crippen molar-refractivity contribution in [2.45, 2.75) is 52.0 Å². The average Bonchev–Trinajstić information content (AvgIpc) is 2.91. The van der Waals surface area contributed by atoms with E-state index in [0.29, 0.717) is 12.6 Å². The van der Waals surface area contributed by atoms with Crippen LogP contribution in [0.1, 0.15) is 46.0 Å². The molecule has 3 unspecified atom stereocenters. The number of imide groups is 1. The Kier molecular flexibility index (Phi) is 4.38. The number of hydrogen-bond donors (Lipinski definition) is 1. The zero-order valence-electron chi connectivity index (χ0n) is 11.4. The van der Waals surface area contributed by atoms with Gasteiger partial charge in [0.15, 0.2) is 0 Å². The zero-order chi connectivity index (χ0) is 13.1. The van der Waals surface area contributed by atoms with Crippen LogP contribution < -0.4 is 5.32 Å². The number of nitrogens with one attached hydrogen (secondary N) is 1. The van der Waals surface area contributed by atoms with Crippen LogP contribution in [0.2, 0.25) is 0 Å². The monoisotopic (exact) mass is 252 g/mol. The maximum atomic E-state index is 12.1. The predicted octanol–water partition coefficient (Wildman–Crippen LogP) is 1.55. The minimum absolute atomic E-state index is 0.0106. The molecular weight excluding hydrogens is 228 g/mol. The van der Waals surface area contributed by atoms with Crippen LogP contribution in [0.4, 0.5) is 0 Å². The number of amides is 2. The third kappa shape index (κ3) is 2.58. The average molecular weight is 252 g/mol. The van der Waals surface area contributed by atoms with Gasteiger partial charge in [-0.2, -0.15) is 0 Å². The molecule has 1 saturated carbocycles. The third-order valence-corrected chi connectivity index (χ3v) is 4.21. The molecule has 2 aliphatic rings. The van der Waals surface area contributed by atoms with Gasteiger partial charge in [-0.15, -0.1) is 0 Å². The Morgan fingerprint density at radius 2 is 1.89 bits per heavy atom. The first-order chi connectivity index (χ1) is 8.65. The summed E-state index contributed by atoms with van der Waals surface area (Å²) in [6, 6.07) is 0.367. The number of nitrogens with zero attached hydrogens (tertiary/aromatic N) is 1. The molecule has 2 fully saturated rings. The molecule has 0 radical (unpaired) electrons. The van der Waals surface area contributed by atoms with E-state index in [0.717, 1.165) is 38.6 Å². The Morgan fingerprint density at radius 1 is 1.28 bits per heavy atom. The van der Waals surface area contributed by atoms with Crippen molar-refractivity contribution in [2.75, 3.05) is 13.1 Å². The quantitative estimate of drug-likeness (QED) is 0.730. The topological polar surface area (TPSA) is 49.4 Å². The third-order valence-electron chi connectivity index (χ3n) is 4.21. The molecule has 0 spiro atoms. The lowest BCUT2D eigenvalue weighted by Crippen LogP contribution is -2.37. The Hall–Kier alpha value is -0.900. The summed E-state index contributed by atoms with van der Waals surface area (Å²) >= 11 is 0. The molecule has 18 heavy (non-hydrogen) atoms. The molecule has 3 atom stereocenters. The van der Waals surface area contributed by atoms with Crippen LogP contribution in [-0.2, 0) is 9.59 Å². The van der Waals surface area contributed by atoms with Gasteiger partial charge in [0.05, 0.1) is 11.8 Å². The highest BCUT2D eigenvalue weighted by Crippen LogP contribution is 2.39. The fourth-order valence-corrected chi connectivity index (χ4v) is 3.10. The van der Waals surface area contributed by atoms with Gasteiger partial charge < -0.3 is 5.32 Å². The normalized spacial score (nSPS) is 28.9. The number of carbonyl (C=O) groups excluding carboxylic acids is 2. The number of likely N-dealkylation sites (tertiary alicyclic amines) is 1. The Balaban J connectivity index is 1.83. The summed E-state index contributed by atoms with van der Waals surface area (Å²) in [7, 11) is 0. The summed E-state index contributed by atoms with van der Waals surface area (Å²) in [6.07, 6.45) is 4.83. The molecule has 1 saturated heterocycles. The van der Waals surface area contributed by atoms with Gasteiger partial charge in [-0.3, -0.25) is 14.5 Å². The molecule has 0 aromatic rings. The molecule has 0 aromatic carbocycles. The van der Waals surface area contributed by atoms with Crippen molar-refractivity contribution in [2.24, 2.45) is 11.8 Å². The van der Waals surface area contributed by atoms with E-state index >= 15 is 0 Å². The van der Waals surface area contributed by atoms with E-state index < -0.39 is 0 Å². The summed E-state index contributed by atoms with van der Waals surface area (Å²) in [5.74, 6) is 0.197. The Morgan fingerprint density at radius 3 is 2.44 bits per heavy atom. The van der Waals surface area contributed by atoms with Crippen LogP contribution in [-0.4, -0.2) is 35.8 Å². The van der Waals surface area contributed by atoms with Crippen molar-refractivity contribution in [1.29, 1.82) is 0 Å². The fourth-order valence-electron chi connectivity index (χ4n) is 3.10. The summed E-state index contributed by atoms with van der Waals surface area (Å²) in [4.78, 5) is 25.7. The molecule has 0 aromatic heterocycles. The van der Waals surface area contributed by atoms with Crippen LogP contribution >= 0.6 is 0 Å². The van der Waals surface area contributed by atoms with Crippen molar-refractivity contribution in [3.63, 3.8) is 0 Å². The van der Waals surface area contributed by atoms with E-state index in [2.05, 4.69) is 19.2 Å². The molecule has 1 aliphatic carbocycles. The minimum Gasteiger partial charge on any atom is -0.314 e. The van der Waals surface area contributed by atoms with E-state index in [1.807, 2.05) is 0 Å². The molecule has 102 valence electrons. The predicted molar refractivity (Wildman–Crippen MR) is 69.9 cm³/mol. The molecule has 2 rings (SSSR count). The number of carbonyl (C=O) groups is 2. The molecule has 1 heterocycles. The van der Waals surface area contributed by atoms with E-state index in [9.17, 15) is 9.59 Å². The van der Waals surface area contributed by atoms with Crippen LogP contribution in [0.15, 0.2) is 0 Å². The number of hydrogen-bond acceptors (Lipinski definition) is 3. The van der Waals surface area contributed by atoms with Gasteiger partial charge in [0.25, 0.3) is 0 Å². The summed E-state index contributed by atoms with van der Waals surface area (Å²) in [5, 5.41) is 3.39. The summed E-state index contributed by atoms with van der Waals surface area (Å²) in [6.45, 7) is 5.83. The highest BCUT2D eigenvalue weighted by molar-refractivity contribution is 6.05. The summed E-state index contributed by atoms with van der Waals surface area (Å²) in [5.41, 5.74) is 0. The van der Waals surface area contributed by atoms with E-state index in [4.69, 9.17) is 0 Å². The zero-order valence-corrected chi connectivity index (χ0v) is 11.4. The second kappa shape index (κ2) is 5.83. The number of rotatable bonds is 6. The molecule has 1 N–H and O–H groups in total. The van der Waals surface area contributed by atoms with Crippen molar-refractivity contribution >= 4 is 11.8 Å². The standard InChI is InChI=1S/C14H24N2O2/c1-3-8-15-10(2)7-9-16-13(17)11-5-4-6-12(11)14(16)18/h10-12,15H,3-9H2,1-2H3. The highest BCUT2D eigenvalue weighted by Gasteiger charge is 2.49. The van der Waals surface area contributed by atoms with Crippen LogP contribution in [0.5, 0.6) is 0 Å². The van der Waals surface area contributed by atoms with E-state index in [-0.39, 0.29) is 23.7 Å². The van der Waals surface area contributed by atoms with Gasteiger partial charge in [-0.1, -0.05) is 13.3 Å². The van der Waals surface area contributed by atoms with Crippen molar-refractivity contribution in [3.8, 4) is 0 Å². The van der Waals surface area contributed by atoms with E-state index in [1.54, 1.807) is 0 Å². The van der Waals surface area contributed by atoms with Crippen LogP contribution in [0, 0.1) is 11.8 Å². The van der Waals surface area contributed by atoms with Crippen LogP contribution in [0.25, 0.3) is 0 Å². The lowest BCUT2D eigenvalue weighted by Gasteiger charge is -2.19. The smallest absolute Gasteiger partial charge is 0.233 e. The minimum atomic E-state index is 0.0106. The highest BCUT2D eigenvalue weighted by atomic mass is 16.2. The molecule has 4 heteroatoms. The first kappa shape index (κ1) is 13.5. The SMILES string of the molecule is CCCNC(C)CCN1C(=O)C2CCCC2C1=O. The van der Waals surface area contributed by atoms with Gasteiger partial charge >= 0.3 is 0 Å². The number of fused-ring (bicyclic) bond motifs is 1. The second-order valence-electron chi connectivity index (χ2n) is 5.62. The molecular formula is C14H24N2O2. The van der Waals surface area contributed by atoms with Gasteiger partial charge in [0, 0.05) is 12.6 Å². The van der Waals surface area contributed by atoms with Crippen molar-refractivity contribution in [1.82, 2.24) is 10.2 Å². The molecule has 1 aliphatic heterocycles. The van der Waals surface area contributed by atoms with Gasteiger partial charge in [-0.25, -0.2) is 0 Å². The van der Waals surface area contributed by atoms with E-state index in [1.165, 1.54) is 4.90 Å². The maximum absolute atomic E-state index is 12.1.